The molecule has 0 radical (unpaired) electrons. The number of carbonyl (C=O) groups is 2. The lowest BCUT2D eigenvalue weighted by Gasteiger charge is -2.16. The van der Waals surface area contributed by atoms with Gasteiger partial charge in [-0.1, -0.05) is 6.58 Å². The zero-order valence-corrected chi connectivity index (χ0v) is 13.8. The molecule has 2 rings (SSSR count). The van der Waals surface area contributed by atoms with E-state index in [0.29, 0.717) is 0 Å². The fraction of sp³-hybridized carbons (Fsp3) is 0.467. The summed E-state index contributed by atoms with van der Waals surface area (Å²) in [6, 6.07) is 1.27. The number of anilines is 1. The summed E-state index contributed by atoms with van der Waals surface area (Å²) in [5.74, 6) is -1.73. The quantitative estimate of drug-likeness (QED) is 0.479. The van der Waals surface area contributed by atoms with Crippen molar-refractivity contribution < 1.29 is 33.3 Å². The first-order valence-corrected chi connectivity index (χ1v) is 7.51. The second-order valence-electron chi connectivity index (χ2n) is 5.58. The molecule has 2 heterocycles. The largest absolute Gasteiger partial charge is 0.460 e. The third-order valence-electron chi connectivity index (χ3n) is 3.50. The minimum atomic E-state index is -1.96. The topological polar surface area (TPSA) is 143 Å². The molecule has 142 valence electrons. The van der Waals surface area contributed by atoms with Crippen LogP contribution in [0.25, 0.3) is 0 Å². The Hall–Kier alpha value is -2.79. The smallest absolute Gasteiger partial charge is 0.351 e. The number of esters is 2. The zero-order valence-electron chi connectivity index (χ0n) is 13.8. The highest BCUT2D eigenvalue weighted by Gasteiger charge is 2.46. The lowest BCUT2D eigenvalue weighted by Crippen LogP contribution is -2.34. The number of aliphatic hydroxyl groups is 1. The molecule has 0 aliphatic carbocycles. The molecule has 3 N–H and O–H groups in total. The Morgan fingerprint density at radius 3 is 2.81 bits per heavy atom. The van der Waals surface area contributed by atoms with Crippen LogP contribution in [-0.2, 0) is 23.8 Å². The van der Waals surface area contributed by atoms with Crippen LogP contribution in [0.3, 0.4) is 0 Å². The summed E-state index contributed by atoms with van der Waals surface area (Å²) in [5, 5.41) is 9.89. The predicted octanol–water partition coefficient (Wildman–Crippen LogP) is -0.916. The van der Waals surface area contributed by atoms with Crippen molar-refractivity contribution in [2.24, 2.45) is 0 Å². The third kappa shape index (κ3) is 4.43. The van der Waals surface area contributed by atoms with Crippen LogP contribution < -0.4 is 11.4 Å². The summed E-state index contributed by atoms with van der Waals surface area (Å²) in [5.41, 5.74) is 4.61. The summed E-state index contributed by atoms with van der Waals surface area (Å²) in [4.78, 5) is 37.9. The van der Waals surface area contributed by atoms with Crippen molar-refractivity contribution in [2.45, 2.75) is 31.5 Å². The van der Waals surface area contributed by atoms with E-state index in [2.05, 4.69) is 16.3 Å². The number of hydrogen-bond acceptors (Lipinski definition) is 9. The molecule has 0 bridgehead atoms. The van der Waals surface area contributed by atoms with E-state index < -0.39 is 55.4 Å². The van der Waals surface area contributed by atoms with Gasteiger partial charge < -0.3 is 25.1 Å². The van der Waals surface area contributed by atoms with Gasteiger partial charge in [-0.15, -0.1) is 0 Å². The highest BCUT2D eigenvalue weighted by atomic mass is 19.1. The Morgan fingerprint density at radius 2 is 2.19 bits per heavy atom. The summed E-state index contributed by atoms with van der Waals surface area (Å²) in [6.45, 7) is 3.59. The maximum absolute atomic E-state index is 14.3. The van der Waals surface area contributed by atoms with Crippen LogP contribution in [0.2, 0.25) is 0 Å². The van der Waals surface area contributed by atoms with E-state index in [9.17, 15) is 23.9 Å². The van der Waals surface area contributed by atoms with Crippen molar-refractivity contribution in [1.82, 2.24) is 9.55 Å². The van der Waals surface area contributed by atoms with E-state index in [1.807, 2.05) is 0 Å². The van der Waals surface area contributed by atoms with Crippen molar-refractivity contribution in [3.63, 3.8) is 0 Å². The van der Waals surface area contributed by atoms with Gasteiger partial charge in [-0.05, 0) is 13.0 Å². The summed E-state index contributed by atoms with van der Waals surface area (Å²) in [7, 11) is 0. The second kappa shape index (κ2) is 8.06. The summed E-state index contributed by atoms with van der Waals surface area (Å²) in [6.07, 6.45) is -5.09. The Bertz CT molecular complexity index is 766. The maximum atomic E-state index is 14.3. The van der Waals surface area contributed by atoms with E-state index in [0.717, 1.165) is 4.57 Å². The lowest BCUT2D eigenvalue weighted by molar-refractivity contribution is -0.160. The lowest BCUT2D eigenvalue weighted by atomic mass is 10.1. The molecule has 11 heteroatoms. The maximum Gasteiger partial charge on any atom is 0.351 e. The molecule has 0 saturated carbocycles. The number of aromatic nitrogens is 2. The van der Waals surface area contributed by atoms with Gasteiger partial charge >= 0.3 is 17.6 Å². The fourth-order valence-corrected chi connectivity index (χ4v) is 2.15. The number of aliphatic hydroxyl groups excluding tert-OH is 1. The highest BCUT2D eigenvalue weighted by molar-refractivity contribution is 5.88. The Balaban J connectivity index is 1.93. The van der Waals surface area contributed by atoms with Crippen molar-refractivity contribution >= 4 is 17.8 Å². The van der Waals surface area contributed by atoms with E-state index in [-0.39, 0.29) is 11.4 Å². The van der Waals surface area contributed by atoms with Crippen LogP contribution in [0.4, 0.5) is 10.2 Å². The molecule has 1 saturated heterocycles. The molecule has 1 aromatic heterocycles. The summed E-state index contributed by atoms with van der Waals surface area (Å²) < 4.78 is 29.7. The van der Waals surface area contributed by atoms with Crippen LogP contribution in [-0.4, -0.2) is 58.2 Å². The molecule has 1 aliphatic heterocycles. The Labute approximate surface area is 147 Å². The van der Waals surface area contributed by atoms with Gasteiger partial charge in [0.1, 0.15) is 24.6 Å². The van der Waals surface area contributed by atoms with E-state index in [1.165, 1.54) is 19.2 Å². The van der Waals surface area contributed by atoms with Crippen LogP contribution >= 0.6 is 0 Å². The second-order valence-corrected chi connectivity index (χ2v) is 5.58. The molecule has 1 aromatic rings. The molecule has 1 fully saturated rings. The summed E-state index contributed by atoms with van der Waals surface area (Å²) >= 11 is 0. The van der Waals surface area contributed by atoms with E-state index >= 15 is 0 Å². The average Bonchev–Trinajstić information content (AvgIpc) is 2.86. The predicted molar refractivity (Wildman–Crippen MR) is 84.5 cm³/mol. The molecule has 0 amide bonds. The third-order valence-corrected chi connectivity index (χ3v) is 3.50. The molecule has 10 nitrogen and oxygen atoms in total. The van der Waals surface area contributed by atoms with Crippen LogP contribution in [0.5, 0.6) is 0 Å². The molecule has 4 atom stereocenters. The van der Waals surface area contributed by atoms with Crippen molar-refractivity contribution in [1.29, 1.82) is 0 Å². The number of rotatable bonds is 6. The van der Waals surface area contributed by atoms with Gasteiger partial charge in [-0.3, -0.25) is 4.57 Å². The van der Waals surface area contributed by atoms with Crippen molar-refractivity contribution in [3.8, 4) is 0 Å². The molecular formula is C15H18FN3O7. The van der Waals surface area contributed by atoms with Crippen LogP contribution in [0, 0.1) is 0 Å². The van der Waals surface area contributed by atoms with Gasteiger partial charge in [-0.25, -0.2) is 18.8 Å². The van der Waals surface area contributed by atoms with Crippen LogP contribution in [0.1, 0.15) is 13.2 Å². The van der Waals surface area contributed by atoms with Gasteiger partial charge in [0.2, 0.25) is 0 Å². The zero-order chi connectivity index (χ0) is 19.4. The molecule has 0 spiro atoms. The number of carbonyl (C=O) groups excluding carboxylic acids is 2. The first-order chi connectivity index (χ1) is 12.2. The van der Waals surface area contributed by atoms with Crippen molar-refractivity contribution in [3.05, 3.63) is 34.9 Å². The standard InChI is InChI=1S/C15H18FN3O7/c1-7(2)14(22)25-6-10(20)24-5-8-12(21)11(16)13(26-8)19-4-3-9(17)18-15(19)23/h3-4,8,11-13,21H,1,5-6H2,2H3,(H2,17,18,23). The number of ether oxygens (including phenoxy) is 3. The molecule has 0 aromatic carbocycles. The van der Waals surface area contributed by atoms with Gasteiger partial charge in [-0.2, -0.15) is 4.98 Å². The molecule has 26 heavy (non-hydrogen) atoms. The number of nitrogens with two attached hydrogens (primary N) is 1. The van der Waals surface area contributed by atoms with Gasteiger partial charge in [0, 0.05) is 11.8 Å². The molecular weight excluding hydrogens is 353 g/mol. The monoisotopic (exact) mass is 371 g/mol. The SMILES string of the molecule is C=C(C)C(=O)OCC(=O)OCC1OC(n2ccc(N)nc2=O)C(F)C1O. The number of nitrogen functional groups attached to an aromatic ring is 1. The fourth-order valence-electron chi connectivity index (χ4n) is 2.15. The van der Waals surface area contributed by atoms with Crippen molar-refractivity contribution in [2.75, 3.05) is 18.9 Å². The van der Waals surface area contributed by atoms with Crippen LogP contribution in [0.15, 0.2) is 29.2 Å². The highest BCUT2D eigenvalue weighted by Crippen LogP contribution is 2.31. The van der Waals surface area contributed by atoms with Gasteiger partial charge in [0.05, 0.1) is 0 Å². The average molecular weight is 371 g/mol. The number of hydrogen-bond donors (Lipinski definition) is 2. The number of nitrogens with zero attached hydrogens (tertiary/aromatic N) is 2. The molecule has 4 unspecified atom stereocenters. The first kappa shape index (κ1) is 19.5. The van der Waals surface area contributed by atoms with Gasteiger partial charge in [0.15, 0.2) is 19.0 Å². The van der Waals surface area contributed by atoms with E-state index in [1.54, 1.807) is 0 Å². The normalized spacial score (nSPS) is 24.9. The number of alkyl halides is 1. The Morgan fingerprint density at radius 1 is 1.50 bits per heavy atom. The minimum Gasteiger partial charge on any atom is -0.460 e. The first-order valence-electron chi connectivity index (χ1n) is 7.51. The minimum absolute atomic E-state index is 0.0463. The van der Waals surface area contributed by atoms with Gasteiger partial charge in [0.25, 0.3) is 0 Å². The van der Waals surface area contributed by atoms with E-state index in [4.69, 9.17) is 15.2 Å². The molecule has 1 aliphatic rings. The Kier molecular flexibility index (Phi) is 6.05. The number of halogens is 1.